The van der Waals surface area contributed by atoms with E-state index in [-0.39, 0.29) is 23.2 Å². The molecule has 38 heavy (non-hydrogen) atoms. The minimum absolute atomic E-state index is 0.0292. The molecule has 196 valence electrons. The van der Waals surface area contributed by atoms with E-state index < -0.39 is 11.6 Å². The molecule has 2 aliphatic carbocycles. The number of hydrogen-bond acceptors (Lipinski definition) is 4. The van der Waals surface area contributed by atoms with Crippen molar-refractivity contribution < 1.29 is 23.0 Å². The minimum atomic E-state index is -0.853. The third-order valence-electron chi connectivity index (χ3n) is 9.15. The monoisotopic (exact) mass is 516 g/mol. The van der Waals surface area contributed by atoms with Crippen LogP contribution in [0.2, 0.25) is 0 Å². The molecule has 0 N–H and O–H groups in total. The summed E-state index contributed by atoms with van der Waals surface area (Å²) in [4.78, 5) is 16.6. The van der Waals surface area contributed by atoms with Gasteiger partial charge in [-0.15, -0.1) is 0 Å². The smallest absolute Gasteiger partial charge is 0.308 e. The molecule has 7 heteroatoms. The van der Waals surface area contributed by atoms with E-state index in [2.05, 4.69) is 28.6 Å². The van der Waals surface area contributed by atoms with E-state index in [0.29, 0.717) is 25.4 Å². The number of hydrogen-bond donors (Lipinski definition) is 0. The summed E-state index contributed by atoms with van der Waals surface area (Å²) in [6.07, 6.45) is 8.56. The molecule has 0 radical (unpaired) electrons. The van der Waals surface area contributed by atoms with Crippen LogP contribution in [0, 0.1) is 29.9 Å². The molecular formula is C31H30F2N2O3. The Morgan fingerprint density at radius 2 is 1.92 bits per heavy atom. The fourth-order valence-electron chi connectivity index (χ4n) is 7.27. The average molecular weight is 517 g/mol. The third-order valence-corrected chi connectivity index (χ3v) is 9.15. The lowest BCUT2D eigenvalue weighted by Gasteiger charge is -2.51. The maximum absolute atomic E-state index is 14.6. The molecule has 7 rings (SSSR count). The Morgan fingerprint density at radius 3 is 2.63 bits per heavy atom. The number of fused-ring (bicyclic) bond motifs is 2. The quantitative estimate of drug-likeness (QED) is 0.377. The molecule has 1 saturated carbocycles. The molecule has 0 unspecified atom stereocenters. The van der Waals surface area contributed by atoms with E-state index in [9.17, 15) is 13.6 Å². The topological polar surface area (TPSA) is 52.8 Å². The zero-order valence-electron chi connectivity index (χ0n) is 21.7. The van der Waals surface area contributed by atoms with Gasteiger partial charge >= 0.3 is 5.97 Å². The van der Waals surface area contributed by atoms with Gasteiger partial charge in [0.25, 0.3) is 0 Å². The number of esters is 1. The van der Waals surface area contributed by atoms with Gasteiger partial charge in [0.2, 0.25) is 0 Å². The first-order valence-corrected chi connectivity index (χ1v) is 13.4. The van der Waals surface area contributed by atoms with Gasteiger partial charge in [0.15, 0.2) is 11.6 Å². The number of halogens is 2. The van der Waals surface area contributed by atoms with Gasteiger partial charge in [-0.2, -0.15) is 0 Å². The molecule has 3 heterocycles. The first-order chi connectivity index (χ1) is 18.4. The van der Waals surface area contributed by atoms with Gasteiger partial charge < -0.3 is 14.0 Å². The molecule has 2 aliphatic heterocycles. The molecule has 4 aliphatic rings. The lowest BCUT2D eigenvalue weighted by atomic mass is 9.52. The van der Waals surface area contributed by atoms with Crippen LogP contribution in [0.25, 0.3) is 22.2 Å². The molecule has 2 aromatic carbocycles. The Balaban J connectivity index is 1.47. The van der Waals surface area contributed by atoms with Gasteiger partial charge in [0.1, 0.15) is 0 Å². The number of aromatic nitrogens is 1. The van der Waals surface area contributed by atoms with Gasteiger partial charge in [-0.1, -0.05) is 6.08 Å². The summed E-state index contributed by atoms with van der Waals surface area (Å²) in [5.74, 6) is -1.63. The number of aliphatic imine (C=N–C) groups is 1. The Morgan fingerprint density at radius 1 is 1.16 bits per heavy atom. The van der Waals surface area contributed by atoms with Crippen LogP contribution in [0.3, 0.4) is 0 Å². The molecule has 0 bridgehead atoms. The second kappa shape index (κ2) is 8.60. The standard InChI is InChI=1S/C31H30F2N2O3/c1-17-23-16-34-15-19(23)9-26-27(17)28(20-11-31(12-20)13-21(14-31)30(36)37-2)29(18-5-7-38-8-6-18)35(26)22-3-4-24(32)25(33)10-22/h3-4,9-11,15,18,21H,5-8,12-14,16H2,1-2H3. The van der Waals surface area contributed by atoms with Crippen molar-refractivity contribution in [2.24, 2.45) is 16.3 Å². The lowest BCUT2D eigenvalue weighted by Crippen LogP contribution is -2.44. The number of aryl methyl sites for hydroxylation is 1. The normalized spacial score (nSPS) is 24.3. The van der Waals surface area contributed by atoms with Gasteiger partial charge in [-0.25, -0.2) is 8.78 Å². The predicted octanol–water partition coefficient (Wildman–Crippen LogP) is 6.40. The summed E-state index contributed by atoms with van der Waals surface area (Å²) < 4.78 is 41.4. The second-order valence-electron chi connectivity index (χ2n) is 11.4. The highest BCUT2D eigenvalue weighted by Gasteiger charge is 2.52. The second-order valence-corrected chi connectivity index (χ2v) is 11.4. The third kappa shape index (κ3) is 3.44. The maximum atomic E-state index is 14.6. The fraction of sp³-hybridized carbons (Fsp3) is 0.419. The highest BCUT2D eigenvalue weighted by Crippen LogP contribution is 2.61. The molecule has 1 saturated heterocycles. The van der Waals surface area contributed by atoms with Crippen LogP contribution in [0.15, 0.2) is 35.3 Å². The first-order valence-electron chi connectivity index (χ1n) is 13.4. The maximum Gasteiger partial charge on any atom is 0.308 e. The number of carbonyl (C=O) groups excluding carboxylic acids is 1. The van der Waals surface area contributed by atoms with Crippen LogP contribution in [-0.2, 0) is 20.8 Å². The van der Waals surface area contributed by atoms with Crippen molar-refractivity contribution in [1.82, 2.24) is 4.57 Å². The van der Waals surface area contributed by atoms with Crippen LogP contribution in [0.4, 0.5) is 8.78 Å². The van der Waals surface area contributed by atoms with Crippen LogP contribution in [-0.4, -0.2) is 37.1 Å². The number of allylic oxidation sites excluding steroid dienone is 2. The highest BCUT2D eigenvalue weighted by molar-refractivity contribution is 6.04. The molecule has 3 aromatic rings. The minimum Gasteiger partial charge on any atom is -0.469 e. The summed E-state index contributed by atoms with van der Waals surface area (Å²) in [5, 5.41) is 1.17. The van der Waals surface area contributed by atoms with Crippen molar-refractivity contribution in [1.29, 1.82) is 0 Å². The van der Waals surface area contributed by atoms with Gasteiger partial charge in [-0.05, 0) is 84.9 Å². The summed E-state index contributed by atoms with van der Waals surface area (Å²) in [6.45, 7) is 4.17. The molecule has 1 aromatic heterocycles. The Labute approximate surface area is 220 Å². The Hall–Kier alpha value is -3.32. The van der Waals surface area contributed by atoms with Gasteiger partial charge in [-0.3, -0.25) is 9.79 Å². The van der Waals surface area contributed by atoms with Gasteiger partial charge in [0, 0.05) is 53.7 Å². The summed E-state index contributed by atoms with van der Waals surface area (Å²) >= 11 is 0. The number of benzene rings is 2. The van der Waals surface area contributed by atoms with Crippen LogP contribution >= 0.6 is 0 Å². The van der Waals surface area contributed by atoms with E-state index in [1.165, 1.54) is 46.9 Å². The number of carbonyl (C=O) groups is 1. The Kier molecular flexibility index (Phi) is 5.38. The van der Waals surface area contributed by atoms with E-state index in [0.717, 1.165) is 48.9 Å². The highest BCUT2D eigenvalue weighted by atomic mass is 19.2. The molecule has 1 spiro atoms. The van der Waals surface area contributed by atoms with Crippen molar-refractivity contribution in [2.75, 3.05) is 20.3 Å². The van der Waals surface area contributed by atoms with Crippen LogP contribution in [0.1, 0.15) is 66.0 Å². The summed E-state index contributed by atoms with van der Waals surface area (Å²) in [7, 11) is 1.45. The number of methoxy groups -OCH3 is 1. The van der Waals surface area contributed by atoms with Crippen LogP contribution < -0.4 is 0 Å². The van der Waals surface area contributed by atoms with E-state index in [1.54, 1.807) is 6.07 Å². The summed E-state index contributed by atoms with van der Waals surface area (Å²) in [6, 6.07) is 6.35. The number of nitrogens with zero attached hydrogens (tertiary/aromatic N) is 2. The van der Waals surface area contributed by atoms with Crippen molar-refractivity contribution in [3.63, 3.8) is 0 Å². The zero-order valence-corrected chi connectivity index (χ0v) is 21.7. The molecular weight excluding hydrogens is 486 g/mol. The van der Waals surface area contributed by atoms with Crippen molar-refractivity contribution in [2.45, 2.75) is 51.5 Å². The van der Waals surface area contributed by atoms with E-state index >= 15 is 0 Å². The predicted molar refractivity (Wildman–Crippen MR) is 142 cm³/mol. The van der Waals surface area contributed by atoms with E-state index in [4.69, 9.17) is 9.47 Å². The molecule has 0 amide bonds. The summed E-state index contributed by atoms with van der Waals surface area (Å²) in [5.41, 5.74) is 8.83. The van der Waals surface area contributed by atoms with Crippen molar-refractivity contribution >= 4 is 28.7 Å². The lowest BCUT2D eigenvalue weighted by molar-refractivity contribution is -0.152. The van der Waals surface area contributed by atoms with Crippen molar-refractivity contribution in [3.05, 3.63) is 69.9 Å². The molecule has 0 atom stereocenters. The van der Waals surface area contributed by atoms with E-state index in [1.807, 2.05) is 6.21 Å². The van der Waals surface area contributed by atoms with Gasteiger partial charge in [0.05, 0.1) is 25.1 Å². The van der Waals surface area contributed by atoms with Crippen LogP contribution in [0.5, 0.6) is 0 Å². The largest absolute Gasteiger partial charge is 0.469 e. The average Bonchev–Trinajstić information content (AvgIpc) is 3.48. The zero-order chi connectivity index (χ0) is 26.2. The molecule has 5 nitrogen and oxygen atoms in total. The number of ether oxygens (including phenoxy) is 2. The molecule has 2 fully saturated rings. The fourth-order valence-corrected chi connectivity index (χ4v) is 7.27. The van der Waals surface area contributed by atoms with Crippen molar-refractivity contribution in [3.8, 4) is 5.69 Å². The Bertz CT molecular complexity index is 1560. The number of rotatable bonds is 4. The first kappa shape index (κ1) is 23.8. The SMILES string of the molecule is COC(=O)C1CC2(C=C(c3c(C4CCOCC4)n(-c4ccc(F)c(F)c4)c4cc5c(c(C)c34)CN=C5)C2)C1.